The Morgan fingerprint density at radius 1 is 1.35 bits per heavy atom. The summed E-state index contributed by atoms with van der Waals surface area (Å²) in [7, 11) is 1.67. The topological polar surface area (TPSA) is 30.5 Å². The van der Waals surface area contributed by atoms with E-state index in [0.717, 1.165) is 16.8 Å². The Balaban J connectivity index is 2.65. The molecule has 0 heterocycles. The fourth-order valence-corrected chi connectivity index (χ4v) is 2.31. The fourth-order valence-electron chi connectivity index (χ4n) is 1.61. The van der Waals surface area contributed by atoms with Crippen LogP contribution in [-0.2, 0) is 4.74 Å². The minimum atomic E-state index is 0.336. The van der Waals surface area contributed by atoms with Crippen LogP contribution in [0.5, 0.6) is 5.75 Å². The van der Waals surface area contributed by atoms with Crippen molar-refractivity contribution in [2.75, 3.05) is 26.9 Å². The van der Waals surface area contributed by atoms with Crippen molar-refractivity contribution < 1.29 is 9.47 Å². The zero-order chi connectivity index (χ0) is 12.7. The average Bonchev–Trinajstić information content (AvgIpc) is 2.29. The number of methoxy groups -OCH3 is 1. The van der Waals surface area contributed by atoms with Crippen LogP contribution >= 0.6 is 15.9 Å². The third kappa shape index (κ3) is 4.66. The van der Waals surface area contributed by atoms with Gasteiger partial charge in [0.2, 0.25) is 0 Å². The predicted octanol–water partition coefficient (Wildman–Crippen LogP) is 3.14. The fraction of sp³-hybridized carbons (Fsp3) is 0.538. The van der Waals surface area contributed by atoms with E-state index in [4.69, 9.17) is 9.47 Å². The molecule has 0 aliphatic carbocycles. The molecule has 3 nitrogen and oxygen atoms in total. The smallest absolute Gasteiger partial charge is 0.120 e. The average molecular weight is 302 g/mol. The van der Waals surface area contributed by atoms with Crippen molar-refractivity contribution in [3.05, 3.63) is 28.2 Å². The number of rotatable bonds is 7. The standard InChI is InChI=1S/C13H20BrNO2/c1-4-15-10(2)12-6-5-11(9-13(12)14)17-8-7-16-3/h5-6,9-10,15H,4,7-8H2,1-3H3. The predicted molar refractivity (Wildman–Crippen MR) is 73.6 cm³/mol. The van der Waals surface area contributed by atoms with Crippen LogP contribution in [0.2, 0.25) is 0 Å². The molecule has 0 spiro atoms. The maximum atomic E-state index is 5.55. The molecule has 0 radical (unpaired) electrons. The SMILES string of the molecule is CCNC(C)c1ccc(OCCOC)cc1Br. The van der Waals surface area contributed by atoms with Gasteiger partial charge in [-0.15, -0.1) is 0 Å². The zero-order valence-corrected chi connectivity index (χ0v) is 12.2. The number of hydrogen-bond acceptors (Lipinski definition) is 3. The summed E-state index contributed by atoms with van der Waals surface area (Å²) in [5.41, 5.74) is 1.24. The third-order valence-corrected chi connectivity index (χ3v) is 3.19. The van der Waals surface area contributed by atoms with Gasteiger partial charge in [0.05, 0.1) is 6.61 Å². The molecule has 1 atom stereocenters. The Hall–Kier alpha value is -0.580. The molecule has 96 valence electrons. The first-order chi connectivity index (χ1) is 8.19. The van der Waals surface area contributed by atoms with Gasteiger partial charge in [-0.05, 0) is 31.2 Å². The highest BCUT2D eigenvalue weighted by molar-refractivity contribution is 9.10. The second-order valence-corrected chi connectivity index (χ2v) is 4.66. The zero-order valence-electron chi connectivity index (χ0n) is 10.6. The number of benzene rings is 1. The Morgan fingerprint density at radius 3 is 2.71 bits per heavy atom. The second-order valence-electron chi connectivity index (χ2n) is 3.80. The molecule has 0 amide bonds. The molecule has 0 aliphatic rings. The summed E-state index contributed by atoms with van der Waals surface area (Å²) in [5.74, 6) is 0.862. The molecule has 1 unspecified atom stereocenters. The molecule has 0 saturated carbocycles. The van der Waals surface area contributed by atoms with Crippen LogP contribution in [0.15, 0.2) is 22.7 Å². The molecule has 1 N–H and O–H groups in total. The summed E-state index contributed by atoms with van der Waals surface area (Å²) < 4.78 is 11.6. The Labute approximate surface area is 112 Å². The highest BCUT2D eigenvalue weighted by Gasteiger charge is 2.08. The largest absolute Gasteiger partial charge is 0.491 e. The van der Waals surface area contributed by atoms with Gasteiger partial charge < -0.3 is 14.8 Å². The molecule has 0 aromatic heterocycles. The van der Waals surface area contributed by atoms with Gasteiger partial charge in [0.15, 0.2) is 0 Å². The van der Waals surface area contributed by atoms with Crippen molar-refractivity contribution in [3.63, 3.8) is 0 Å². The molecule has 4 heteroatoms. The van der Waals surface area contributed by atoms with E-state index in [1.165, 1.54) is 5.56 Å². The van der Waals surface area contributed by atoms with E-state index in [-0.39, 0.29) is 0 Å². The van der Waals surface area contributed by atoms with E-state index in [1.54, 1.807) is 7.11 Å². The Bertz CT molecular complexity index is 344. The Morgan fingerprint density at radius 2 is 2.12 bits per heavy atom. The van der Waals surface area contributed by atoms with Crippen LogP contribution in [-0.4, -0.2) is 26.9 Å². The normalized spacial score (nSPS) is 12.5. The first-order valence-corrected chi connectivity index (χ1v) is 6.63. The van der Waals surface area contributed by atoms with Crippen molar-refractivity contribution >= 4 is 15.9 Å². The maximum Gasteiger partial charge on any atom is 0.120 e. The van der Waals surface area contributed by atoms with Gasteiger partial charge in [-0.3, -0.25) is 0 Å². The van der Waals surface area contributed by atoms with Crippen LogP contribution in [0.4, 0.5) is 0 Å². The van der Waals surface area contributed by atoms with E-state index in [9.17, 15) is 0 Å². The van der Waals surface area contributed by atoms with Crippen LogP contribution < -0.4 is 10.1 Å². The summed E-state index contributed by atoms with van der Waals surface area (Å²) in [6.45, 7) is 6.39. The van der Waals surface area contributed by atoms with Gasteiger partial charge in [-0.1, -0.05) is 28.9 Å². The van der Waals surface area contributed by atoms with Gasteiger partial charge in [0, 0.05) is 17.6 Å². The van der Waals surface area contributed by atoms with Crippen LogP contribution in [0, 0.1) is 0 Å². The highest BCUT2D eigenvalue weighted by atomic mass is 79.9. The third-order valence-electron chi connectivity index (χ3n) is 2.50. The first kappa shape index (κ1) is 14.5. The highest BCUT2D eigenvalue weighted by Crippen LogP contribution is 2.27. The molecule has 1 rings (SSSR count). The number of ether oxygens (including phenoxy) is 2. The van der Waals surface area contributed by atoms with Gasteiger partial charge >= 0.3 is 0 Å². The molecular formula is C13H20BrNO2. The van der Waals surface area contributed by atoms with E-state index in [2.05, 4.69) is 41.2 Å². The molecule has 1 aromatic carbocycles. The van der Waals surface area contributed by atoms with E-state index >= 15 is 0 Å². The summed E-state index contributed by atoms with van der Waals surface area (Å²) in [5, 5.41) is 3.38. The molecule has 17 heavy (non-hydrogen) atoms. The molecule has 0 saturated heterocycles. The lowest BCUT2D eigenvalue weighted by Crippen LogP contribution is -2.18. The summed E-state index contributed by atoms with van der Waals surface area (Å²) in [4.78, 5) is 0. The summed E-state index contributed by atoms with van der Waals surface area (Å²) in [6, 6.07) is 6.41. The number of halogens is 1. The molecular weight excluding hydrogens is 282 g/mol. The van der Waals surface area contributed by atoms with Crippen molar-refractivity contribution in [2.45, 2.75) is 19.9 Å². The van der Waals surface area contributed by atoms with Crippen LogP contribution in [0.1, 0.15) is 25.5 Å². The maximum absolute atomic E-state index is 5.55. The van der Waals surface area contributed by atoms with Gasteiger partial charge in [-0.2, -0.15) is 0 Å². The van der Waals surface area contributed by atoms with Crippen LogP contribution in [0.25, 0.3) is 0 Å². The lowest BCUT2D eigenvalue weighted by molar-refractivity contribution is 0.146. The lowest BCUT2D eigenvalue weighted by Gasteiger charge is -2.15. The van der Waals surface area contributed by atoms with Crippen molar-refractivity contribution in [1.82, 2.24) is 5.32 Å². The van der Waals surface area contributed by atoms with Crippen LogP contribution in [0.3, 0.4) is 0 Å². The first-order valence-electron chi connectivity index (χ1n) is 5.83. The Kier molecular flexibility index (Phi) is 6.55. The molecule has 0 aliphatic heterocycles. The van der Waals surface area contributed by atoms with E-state index in [0.29, 0.717) is 19.3 Å². The van der Waals surface area contributed by atoms with Crippen molar-refractivity contribution in [2.24, 2.45) is 0 Å². The second kappa shape index (κ2) is 7.69. The van der Waals surface area contributed by atoms with Gasteiger partial charge in [-0.25, -0.2) is 0 Å². The summed E-state index contributed by atoms with van der Waals surface area (Å²) in [6.07, 6.45) is 0. The number of hydrogen-bond donors (Lipinski definition) is 1. The van der Waals surface area contributed by atoms with E-state index in [1.807, 2.05) is 12.1 Å². The van der Waals surface area contributed by atoms with Crippen molar-refractivity contribution in [1.29, 1.82) is 0 Å². The van der Waals surface area contributed by atoms with Crippen molar-refractivity contribution in [3.8, 4) is 5.75 Å². The molecule has 0 fully saturated rings. The minimum Gasteiger partial charge on any atom is -0.491 e. The number of nitrogens with one attached hydrogen (secondary N) is 1. The lowest BCUT2D eigenvalue weighted by atomic mass is 10.1. The summed E-state index contributed by atoms with van der Waals surface area (Å²) >= 11 is 3.58. The van der Waals surface area contributed by atoms with Gasteiger partial charge in [0.25, 0.3) is 0 Å². The minimum absolute atomic E-state index is 0.336. The molecule has 0 bridgehead atoms. The molecule has 1 aromatic rings. The van der Waals surface area contributed by atoms with E-state index < -0.39 is 0 Å². The monoisotopic (exact) mass is 301 g/mol. The quantitative estimate of drug-likeness (QED) is 0.785. The van der Waals surface area contributed by atoms with Gasteiger partial charge in [0.1, 0.15) is 12.4 Å².